The summed E-state index contributed by atoms with van der Waals surface area (Å²) >= 11 is 3.61. The van der Waals surface area contributed by atoms with Crippen molar-refractivity contribution in [1.29, 1.82) is 0 Å². The minimum Gasteiger partial charge on any atom is -0.399 e. The normalized spacial score (nSPS) is 23.4. The van der Waals surface area contributed by atoms with Crippen LogP contribution in [0.1, 0.15) is 46.2 Å². The van der Waals surface area contributed by atoms with Crippen molar-refractivity contribution < 1.29 is 9.31 Å². The smallest absolute Gasteiger partial charge is 0.399 e. The van der Waals surface area contributed by atoms with Crippen molar-refractivity contribution in [3.8, 4) is 0 Å². The van der Waals surface area contributed by atoms with Gasteiger partial charge in [-0.1, -0.05) is 0 Å². The van der Waals surface area contributed by atoms with Gasteiger partial charge in [0.05, 0.1) is 15.7 Å². The zero-order valence-corrected chi connectivity index (χ0v) is 14.9. The van der Waals surface area contributed by atoms with E-state index < -0.39 is 0 Å². The molecule has 0 unspecified atom stereocenters. The van der Waals surface area contributed by atoms with E-state index in [0.717, 1.165) is 21.4 Å². The Hall–Kier alpha value is -0.585. The number of anilines is 1. The molecular formula is C15H22BBrN2O2. The van der Waals surface area contributed by atoms with E-state index in [9.17, 15) is 0 Å². The minimum atomic E-state index is -0.367. The average Bonchev–Trinajstić information content (AvgIpc) is 3.12. The predicted octanol–water partition coefficient (Wildman–Crippen LogP) is 3.03. The molecule has 1 aromatic heterocycles. The van der Waals surface area contributed by atoms with Crippen LogP contribution >= 0.6 is 15.9 Å². The lowest BCUT2D eigenvalue weighted by molar-refractivity contribution is 0.00578. The molecule has 2 heterocycles. The predicted molar refractivity (Wildman–Crippen MR) is 89.0 cm³/mol. The standard InChI is InChI=1S/C15H22BBrN2O2/c1-9-11(16-20-14(2,3)15(4,5)21-16)8-12(17)13(18-9)19-10-6-7-10/h8,10H,6-7H2,1-5H3,(H,18,19). The van der Waals surface area contributed by atoms with E-state index in [2.05, 4.69) is 60.0 Å². The summed E-state index contributed by atoms with van der Waals surface area (Å²) in [6.07, 6.45) is 2.46. The van der Waals surface area contributed by atoms with E-state index in [-0.39, 0.29) is 18.3 Å². The number of nitrogens with zero attached hydrogens (tertiary/aromatic N) is 1. The zero-order chi connectivity index (χ0) is 15.4. The Morgan fingerprint density at radius 2 is 1.81 bits per heavy atom. The SMILES string of the molecule is Cc1nc(NC2CC2)c(Br)cc1B1OC(C)(C)C(C)(C)O1. The Morgan fingerprint density at radius 3 is 2.33 bits per heavy atom. The summed E-state index contributed by atoms with van der Waals surface area (Å²) in [4.78, 5) is 4.67. The number of pyridine rings is 1. The fraction of sp³-hybridized carbons (Fsp3) is 0.667. The maximum absolute atomic E-state index is 6.12. The van der Waals surface area contributed by atoms with Crippen LogP contribution in [0.3, 0.4) is 0 Å². The van der Waals surface area contributed by atoms with Crippen LogP contribution in [0, 0.1) is 6.92 Å². The molecule has 1 aromatic rings. The van der Waals surface area contributed by atoms with Crippen molar-refractivity contribution in [3.05, 3.63) is 16.2 Å². The topological polar surface area (TPSA) is 43.4 Å². The molecule has 1 N–H and O–H groups in total. The first kappa shape index (κ1) is 15.3. The van der Waals surface area contributed by atoms with Gasteiger partial charge in [-0.05, 0) is 69.5 Å². The van der Waals surface area contributed by atoms with Crippen molar-refractivity contribution in [2.45, 2.75) is 64.7 Å². The van der Waals surface area contributed by atoms with Gasteiger partial charge >= 0.3 is 7.12 Å². The summed E-state index contributed by atoms with van der Waals surface area (Å²) in [6, 6.07) is 2.64. The number of hydrogen-bond donors (Lipinski definition) is 1. The lowest BCUT2D eigenvalue weighted by Gasteiger charge is -2.32. The Labute approximate surface area is 135 Å². The highest BCUT2D eigenvalue weighted by atomic mass is 79.9. The van der Waals surface area contributed by atoms with Crippen molar-refractivity contribution in [2.75, 3.05) is 5.32 Å². The zero-order valence-electron chi connectivity index (χ0n) is 13.3. The Morgan fingerprint density at radius 1 is 1.24 bits per heavy atom. The van der Waals surface area contributed by atoms with Gasteiger partial charge in [0.1, 0.15) is 5.82 Å². The molecule has 1 aliphatic heterocycles. The largest absolute Gasteiger partial charge is 0.496 e. The third-order valence-electron chi connectivity index (χ3n) is 4.63. The molecule has 114 valence electrons. The van der Waals surface area contributed by atoms with Crippen molar-refractivity contribution >= 4 is 34.3 Å². The molecule has 21 heavy (non-hydrogen) atoms. The van der Waals surface area contributed by atoms with Crippen molar-refractivity contribution in [2.24, 2.45) is 0 Å². The fourth-order valence-electron chi connectivity index (χ4n) is 2.33. The number of halogens is 1. The van der Waals surface area contributed by atoms with Crippen LogP contribution in [0.25, 0.3) is 0 Å². The van der Waals surface area contributed by atoms with Crippen LogP contribution in [0.4, 0.5) is 5.82 Å². The van der Waals surface area contributed by atoms with Gasteiger partial charge in [0.15, 0.2) is 0 Å². The van der Waals surface area contributed by atoms with Crippen LogP contribution in [-0.4, -0.2) is 29.3 Å². The summed E-state index contributed by atoms with van der Waals surface area (Å²) in [5, 5.41) is 3.44. The van der Waals surface area contributed by atoms with E-state index in [1.165, 1.54) is 12.8 Å². The lowest BCUT2D eigenvalue weighted by Crippen LogP contribution is -2.41. The molecule has 4 nitrogen and oxygen atoms in total. The third-order valence-corrected chi connectivity index (χ3v) is 5.24. The van der Waals surface area contributed by atoms with Crippen LogP contribution in [0.2, 0.25) is 0 Å². The summed E-state index contributed by atoms with van der Waals surface area (Å²) in [6.45, 7) is 10.3. The molecule has 0 bridgehead atoms. The first-order valence-electron chi connectivity index (χ1n) is 7.49. The number of rotatable bonds is 3. The van der Waals surface area contributed by atoms with Gasteiger partial charge in [-0.15, -0.1) is 0 Å². The Balaban J connectivity index is 1.88. The van der Waals surface area contributed by atoms with E-state index in [1.54, 1.807) is 0 Å². The van der Waals surface area contributed by atoms with Gasteiger partial charge < -0.3 is 14.6 Å². The van der Waals surface area contributed by atoms with Crippen LogP contribution < -0.4 is 10.8 Å². The number of nitrogens with one attached hydrogen (secondary N) is 1. The molecule has 3 rings (SSSR count). The van der Waals surface area contributed by atoms with Gasteiger partial charge in [-0.3, -0.25) is 0 Å². The second-order valence-corrected chi connectivity index (χ2v) is 7.85. The van der Waals surface area contributed by atoms with Gasteiger partial charge in [0.2, 0.25) is 0 Å². The van der Waals surface area contributed by atoms with Gasteiger partial charge in [0, 0.05) is 17.2 Å². The second kappa shape index (κ2) is 4.96. The molecule has 0 atom stereocenters. The molecule has 1 saturated heterocycles. The number of hydrogen-bond acceptors (Lipinski definition) is 4. The molecule has 0 radical (unpaired) electrons. The average molecular weight is 353 g/mol. The Kier molecular flexibility index (Phi) is 3.62. The summed E-state index contributed by atoms with van der Waals surface area (Å²) in [5.74, 6) is 0.912. The summed E-state index contributed by atoms with van der Waals surface area (Å²) in [7, 11) is -0.367. The molecule has 2 fully saturated rings. The minimum absolute atomic E-state index is 0.332. The van der Waals surface area contributed by atoms with Gasteiger partial charge in [-0.2, -0.15) is 0 Å². The second-order valence-electron chi connectivity index (χ2n) is 7.00. The molecule has 1 saturated carbocycles. The maximum atomic E-state index is 6.12. The van der Waals surface area contributed by atoms with Crippen molar-refractivity contribution in [3.63, 3.8) is 0 Å². The molecule has 1 aliphatic carbocycles. The van der Waals surface area contributed by atoms with Crippen LogP contribution in [-0.2, 0) is 9.31 Å². The van der Waals surface area contributed by atoms with E-state index >= 15 is 0 Å². The van der Waals surface area contributed by atoms with Crippen LogP contribution in [0.15, 0.2) is 10.5 Å². The Bertz CT molecular complexity index is 557. The highest BCUT2D eigenvalue weighted by Crippen LogP contribution is 2.37. The third kappa shape index (κ3) is 2.85. The molecule has 6 heteroatoms. The molecule has 0 spiro atoms. The van der Waals surface area contributed by atoms with E-state index in [4.69, 9.17) is 9.31 Å². The molecule has 2 aliphatic rings. The molecule has 0 amide bonds. The van der Waals surface area contributed by atoms with Gasteiger partial charge in [-0.25, -0.2) is 4.98 Å². The van der Waals surface area contributed by atoms with Crippen LogP contribution in [0.5, 0.6) is 0 Å². The quantitative estimate of drug-likeness (QED) is 0.849. The summed E-state index contributed by atoms with van der Waals surface area (Å²) < 4.78 is 13.2. The first-order valence-corrected chi connectivity index (χ1v) is 8.28. The van der Waals surface area contributed by atoms with E-state index in [0.29, 0.717) is 6.04 Å². The van der Waals surface area contributed by atoms with E-state index in [1.807, 2.05) is 6.92 Å². The highest BCUT2D eigenvalue weighted by molar-refractivity contribution is 9.10. The molecular weight excluding hydrogens is 331 g/mol. The fourth-order valence-corrected chi connectivity index (χ4v) is 2.78. The monoisotopic (exact) mass is 352 g/mol. The van der Waals surface area contributed by atoms with Gasteiger partial charge in [0.25, 0.3) is 0 Å². The lowest BCUT2D eigenvalue weighted by atomic mass is 9.78. The molecule has 0 aromatic carbocycles. The maximum Gasteiger partial charge on any atom is 0.496 e. The van der Waals surface area contributed by atoms with Crippen molar-refractivity contribution in [1.82, 2.24) is 4.98 Å². The number of aromatic nitrogens is 1. The highest BCUT2D eigenvalue weighted by Gasteiger charge is 2.52. The number of aryl methyl sites for hydroxylation is 1. The first-order chi connectivity index (χ1) is 9.69. The summed E-state index contributed by atoms with van der Waals surface area (Å²) in [5.41, 5.74) is 1.27.